The second-order valence-electron chi connectivity index (χ2n) is 17.8. The van der Waals surface area contributed by atoms with E-state index in [1.54, 1.807) is 62.8 Å². The Balaban J connectivity index is 0.000000144. The van der Waals surface area contributed by atoms with E-state index in [1.165, 1.54) is 30.0 Å². The molecule has 0 spiro atoms. The van der Waals surface area contributed by atoms with Crippen LogP contribution < -0.4 is 41.9 Å². The van der Waals surface area contributed by atoms with Crippen molar-refractivity contribution in [2.24, 2.45) is 0 Å². The first kappa shape index (κ1) is 58.7. The molecule has 0 saturated carbocycles. The number of carbonyl (C=O) groups excluding carboxylic acids is 3. The Morgan fingerprint density at radius 2 is 1.02 bits per heavy atom. The minimum absolute atomic E-state index is 0.0534. The Kier molecular flexibility index (Phi) is 18.3. The number of nitrogens with zero attached hydrogens (tertiary/aromatic N) is 14. The fraction of sp³-hybridized carbons (Fsp3) is 0.204. The van der Waals surface area contributed by atoms with Gasteiger partial charge in [0, 0.05) is 34.3 Å². The molecule has 0 fully saturated rings. The number of ether oxygens (including phenoxy) is 4. The van der Waals surface area contributed by atoms with E-state index in [2.05, 4.69) is 55.1 Å². The standard InChI is InChI=1S/C19H17N7O2.C12H11N5O3.C9H6Cl2N2O.C9H10N4O.C5H8O2/c1-28-14-6-2-5-12-17(14)23-19(20)26-18(12)22-15(24-26)8-16(27)25-9-11-4-3-7-21-13(11)10-25;1-20-7-4-2-3-6-10(7)15-12(13)17-11(6)14-8(16-17)5-9(18)19;2*1-14-6-4-2-3-5-7(6)12-9(11)13-8(5)10;1-4(6)3-5(2)7/h2-7H,8-10H2,1H3,(H2,20,23);2-4H,5H2,1H3,(H2,13,15)(H,18,19);2-4H,1H3;2-4H,1H3,(H4,10,11,12,13);3H2,1-2H3. The van der Waals surface area contributed by atoms with Crippen LogP contribution >= 0.6 is 23.2 Å². The van der Waals surface area contributed by atoms with Crippen LogP contribution in [0.15, 0.2) is 91.1 Å². The van der Waals surface area contributed by atoms with Crippen LogP contribution in [0.2, 0.25) is 10.4 Å². The first-order chi connectivity index (χ1) is 39.8. The Hall–Kier alpha value is -10.4. The lowest BCUT2D eigenvalue weighted by Gasteiger charge is -2.13. The first-order valence-electron chi connectivity index (χ1n) is 24.7. The summed E-state index contributed by atoms with van der Waals surface area (Å²) in [6.45, 7) is 3.87. The van der Waals surface area contributed by atoms with Crippen LogP contribution in [-0.4, -0.2) is 126 Å². The average Bonchev–Trinajstić information content (AvgIpc) is 4.43. The fourth-order valence-electron chi connectivity index (χ4n) is 8.49. The predicted molar refractivity (Wildman–Crippen MR) is 309 cm³/mol. The highest BCUT2D eigenvalue weighted by Crippen LogP contribution is 2.32. The van der Waals surface area contributed by atoms with Crippen molar-refractivity contribution in [3.8, 4) is 23.0 Å². The van der Waals surface area contributed by atoms with E-state index >= 15 is 0 Å². The third-order valence-corrected chi connectivity index (χ3v) is 12.5. The molecule has 11 aromatic rings. The van der Waals surface area contributed by atoms with Gasteiger partial charge < -0.3 is 51.9 Å². The van der Waals surface area contributed by atoms with Crippen molar-refractivity contribution < 1.29 is 43.2 Å². The quantitative estimate of drug-likeness (QED) is 0.0582. The number of ketones is 2. The molecule has 0 unspecified atom stereocenters. The lowest BCUT2D eigenvalue weighted by molar-refractivity contribution is -0.136. The molecule has 27 nitrogen and oxygen atoms in total. The molecule has 83 heavy (non-hydrogen) atoms. The Bertz CT molecular complexity index is 4150. The highest BCUT2D eigenvalue weighted by atomic mass is 35.5. The molecule has 0 bridgehead atoms. The number of halogens is 2. The molecule has 8 heterocycles. The van der Waals surface area contributed by atoms with Crippen LogP contribution in [0.1, 0.15) is 43.2 Å². The minimum atomic E-state index is -1.01. The topological polar surface area (TPSA) is 383 Å². The monoisotopic (exact) mass is 1170 g/mol. The van der Waals surface area contributed by atoms with Gasteiger partial charge in [-0.3, -0.25) is 24.2 Å². The number of fused-ring (bicyclic) bond motifs is 9. The molecule has 4 aromatic carbocycles. The number of aromatic nitrogens is 13. The van der Waals surface area contributed by atoms with Gasteiger partial charge in [-0.1, -0.05) is 41.9 Å². The number of hydrogen-bond acceptors (Lipinski definition) is 23. The molecular formula is C54H52Cl2N18O9. The first-order valence-corrected chi connectivity index (χ1v) is 25.4. The zero-order valence-corrected chi connectivity index (χ0v) is 46.7. The summed E-state index contributed by atoms with van der Waals surface area (Å²) in [7, 11) is 6.26. The molecule has 0 radical (unpaired) electrons. The van der Waals surface area contributed by atoms with E-state index in [0.717, 1.165) is 27.4 Å². The van der Waals surface area contributed by atoms with Gasteiger partial charge in [0.15, 0.2) is 22.9 Å². The van der Waals surface area contributed by atoms with E-state index < -0.39 is 5.97 Å². The van der Waals surface area contributed by atoms with Crippen molar-refractivity contribution in [3.63, 3.8) is 0 Å². The van der Waals surface area contributed by atoms with Crippen molar-refractivity contribution in [2.45, 2.75) is 46.2 Å². The predicted octanol–water partition coefficient (Wildman–Crippen LogP) is 6.15. The zero-order valence-electron chi connectivity index (χ0n) is 45.2. The van der Waals surface area contributed by atoms with E-state index in [4.69, 9.17) is 70.2 Å². The van der Waals surface area contributed by atoms with Crippen LogP contribution in [0.4, 0.5) is 23.7 Å². The third-order valence-electron chi connectivity index (χ3n) is 12.1. The summed E-state index contributed by atoms with van der Waals surface area (Å²) in [5.41, 5.74) is 28.5. The van der Waals surface area contributed by atoms with Crippen LogP contribution in [0.5, 0.6) is 23.0 Å². The van der Waals surface area contributed by atoms with E-state index in [1.807, 2.05) is 54.6 Å². The van der Waals surface area contributed by atoms with Crippen molar-refractivity contribution in [1.29, 1.82) is 0 Å². The number of carbonyl (C=O) groups is 4. The number of para-hydroxylation sites is 4. The van der Waals surface area contributed by atoms with Gasteiger partial charge in [-0.25, -0.2) is 34.9 Å². The van der Waals surface area contributed by atoms with E-state index in [0.29, 0.717) is 91.6 Å². The van der Waals surface area contributed by atoms with Crippen molar-refractivity contribution >= 4 is 125 Å². The minimum Gasteiger partial charge on any atom is -0.494 e. The van der Waals surface area contributed by atoms with Crippen molar-refractivity contribution in [1.82, 2.24) is 69.0 Å². The summed E-state index contributed by atoms with van der Waals surface area (Å²) in [6.07, 6.45) is 1.64. The van der Waals surface area contributed by atoms with Crippen LogP contribution in [-0.2, 0) is 45.1 Å². The van der Waals surface area contributed by atoms with Gasteiger partial charge in [0.2, 0.25) is 29.0 Å². The molecule has 1 aliphatic heterocycles. The number of nitrogen functional groups attached to an aromatic ring is 4. The Morgan fingerprint density at radius 1 is 0.554 bits per heavy atom. The van der Waals surface area contributed by atoms with Gasteiger partial charge in [-0.05, 0) is 85.6 Å². The number of pyridine rings is 1. The molecule has 0 atom stereocenters. The van der Waals surface area contributed by atoms with Crippen molar-refractivity contribution in [2.75, 3.05) is 51.4 Å². The summed E-state index contributed by atoms with van der Waals surface area (Å²) in [5.74, 6) is 2.69. The number of methoxy groups -OCH3 is 4. The van der Waals surface area contributed by atoms with Gasteiger partial charge in [-0.2, -0.15) is 14.0 Å². The number of rotatable bonds is 10. The van der Waals surface area contributed by atoms with Crippen molar-refractivity contribution in [3.05, 3.63) is 124 Å². The maximum absolute atomic E-state index is 12.8. The van der Waals surface area contributed by atoms with Gasteiger partial charge in [0.25, 0.3) is 0 Å². The second-order valence-corrected chi connectivity index (χ2v) is 18.5. The summed E-state index contributed by atoms with van der Waals surface area (Å²) in [5, 5.41) is 20.6. The molecule has 29 heteroatoms. The molecule has 12 rings (SSSR count). The SMILES string of the molecule is CC(=O)CC(C)=O.COc1cccc2c(Cl)nc(Cl)nc12.COc1cccc2c(N)nc(N)nc12.COc1cccc2c1nc(N)n1nc(CC(=O)N3Cc4cccnc4C3)nc21.COc1cccc2c1nc(N)n1nc(CC(=O)O)nc21. The molecule has 0 saturated heterocycles. The Labute approximate surface area is 480 Å². The number of carboxylic acid groups (broad SMARTS) is 1. The Morgan fingerprint density at radius 3 is 1.49 bits per heavy atom. The molecule has 9 N–H and O–H groups in total. The number of benzene rings is 4. The largest absolute Gasteiger partial charge is 0.494 e. The number of amides is 1. The van der Waals surface area contributed by atoms with E-state index in [9.17, 15) is 19.2 Å². The average molecular weight is 1170 g/mol. The van der Waals surface area contributed by atoms with Crippen LogP contribution in [0.3, 0.4) is 0 Å². The van der Waals surface area contributed by atoms with Crippen LogP contribution in [0.25, 0.3) is 54.9 Å². The zero-order chi connectivity index (χ0) is 59.6. The van der Waals surface area contributed by atoms with Gasteiger partial charge in [0.05, 0.1) is 53.5 Å². The lowest BCUT2D eigenvalue weighted by atomic mass is 10.2. The number of Topliss-reactive ketones (excluding diaryl/α,β-unsaturated/α-hetero) is 2. The van der Waals surface area contributed by atoms with Gasteiger partial charge in [-0.15, -0.1) is 10.2 Å². The molecule has 1 amide bonds. The molecule has 1 aliphatic rings. The number of carboxylic acids is 1. The smallest absolute Gasteiger partial charge is 0.311 e. The van der Waals surface area contributed by atoms with Gasteiger partial charge in [0.1, 0.15) is 74.0 Å². The molecular weight excluding hydrogens is 1120 g/mol. The maximum Gasteiger partial charge on any atom is 0.311 e. The molecule has 0 aliphatic carbocycles. The number of aliphatic carboxylic acids is 1. The third kappa shape index (κ3) is 13.4. The summed E-state index contributed by atoms with van der Waals surface area (Å²) >= 11 is 11.6. The number of nitrogens with two attached hydrogens (primary N) is 4. The fourth-order valence-corrected chi connectivity index (χ4v) is 8.93. The highest BCUT2D eigenvalue weighted by Gasteiger charge is 2.26. The number of anilines is 4. The van der Waals surface area contributed by atoms with Crippen LogP contribution in [0, 0.1) is 0 Å². The molecule has 7 aromatic heterocycles. The second kappa shape index (κ2) is 25.8. The normalized spacial score (nSPS) is 11.3. The lowest BCUT2D eigenvalue weighted by Crippen LogP contribution is -2.27. The van der Waals surface area contributed by atoms with E-state index in [-0.39, 0.29) is 65.7 Å². The highest BCUT2D eigenvalue weighted by molar-refractivity contribution is 6.35. The summed E-state index contributed by atoms with van der Waals surface area (Å²) in [6, 6.07) is 25.7. The van der Waals surface area contributed by atoms with Gasteiger partial charge >= 0.3 is 5.97 Å². The summed E-state index contributed by atoms with van der Waals surface area (Å²) in [4.78, 5) is 82.8. The molecule has 426 valence electrons. The maximum atomic E-state index is 12.8. The summed E-state index contributed by atoms with van der Waals surface area (Å²) < 4.78 is 23.7. The number of hydrogen-bond donors (Lipinski definition) is 5.